The molecule has 0 aliphatic carbocycles. The van der Waals surface area contributed by atoms with Gasteiger partial charge in [0, 0.05) is 37.7 Å². The van der Waals surface area contributed by atoms with E-state index >= 15 is 0 Å². The fourth-order valence-corrected chi connectivity index (χ4v) is 4.61. The molecule has 7 heteroatoms. The predicted octanol–water partition coefficient (Wildman–Crippen LogP) is 2.90. The van der Waals surface area contributed by atoms with Crippen LogP contribution in [0.4, 0.5) is 0 Å². The molecule has 0 unspecified atom stereocenters. The van der Waals surface area contributed by atoms with E-state index in [1.165, 1.54) is 5.56 Å². The maximum atomic E-state index is 12.7. The minimum Gasteiger partial charge on any atom is -0.497 e. The SMILES string of the molecule is COc1cccc(CCN2CCN(S(=O)(=O)c3ccc(Cl)cc3)CC2)c1. The van der Waals surface area contributed by atoms with Crippen LogP contribution in [-0.2, 0) is 16.4 Å². The first kappa shape index (κ1) is 19.2. The van der Waals surface area contributed by atoms with Crippen molar-refractivity contribution in [1.29, 1.82) is 0 Å². The van der Waals surface area contributed by atoms with Crippen LogP contribution in [0.15, 0.2) is 53.4 Å². The molecule has 0 N–H and O–H groups in total. The van der Waals surface area contributed by atoms with E-state index in [2.05, 4.69) is 11.0 Å². The van der Waals surface area contributed by atoms with Gasteiger partial charge < -0.3 is 9.64 Å². The molecular weight excluding hydrogens is 372 g/mol. The Hall–Kier alpha value is -1.60. The molecule has 0 saturated carbocycles. The predicted molar refractivity (Wildman–Crippen MR) is 103 cm³/mol. The maximum Gasteiger partial charge on any atom is 0.243 e. The number of nitrogens with zero attached hydrogens (tertiary/aromatic N) is 2. The average Bonchev–Trinajstić information content (AvgIpc) is 2.67. The monoisotopic (exact) mass is 394 g/mol. The normalized spacial score (nSPS) is 16.5. The van der Waals surface area contributed by atoms with Gasteiger partial charge >= 0.3 is 0 Å². The van der Waals surface area contributed by atoms with Gasteiger partial charge in [-0.25, -0.2) is 8.42 Å². The van der Waals surface area contributed by atoms with Crippen LogP contribution in [-0.4, -0.2) is 57.5 Å². The van der Waals surface area contributed by atoms with Gasteiger partial charge in [0.25, 0.3) is 0 Å². The van der Waals surface area contributed by atoms with Gasteiger partial charge in [-0.3, -0.25) is 0 Å². The third kappa shape index (κ3) is 4.57. The van der Waals surface area contributed by atoms with Crippen LogP contribution in [0, 0.1) is 0 Å². The van der Waals surface area contributed by atoms with Crippen LogP contribution in [0.1, 0.15) is 5.56 Å². The number of methoxy groups -OCH3 is 1. The topological polar surface area (TPSA) is 49.9 Å². The molecule has 1 fully saturated rings. The zero-order valence-electron chi connectivity index (χ0n) is 14.8. The summed E-state index contributed by atoms with van der Waals surface area (Å²) in [5.41, 5.74) is 1.22. The van der Waals surface area contributed by atoms with Crippen molar-refractivity contribution in [3.63, 3.8) is 0 Å². The van der Waals surface area contributed by atoms with Crippen LogP contribution >= 0.6 is 11.6 Å². The number of sulfonamides is 1. The van der Waals surface area contributed by atoms with Crippen LogP contribution < -0.4 is 4.74 Å². The Balaban J connectivity index is 1.54. The summed E-state index contributed by atoms with van der Waals surface area (Å²) in [5, 5.41) is 0.534. The van der Waals surface area contributed by atoms with Crippen molar-refractivity contribution in [2.75, 3.05) is 39.8 Å². The molecule has 0 aromatic heterocycles. The van der Waals surface area contributed by atoms with Crippen LogP contribution in [0.3, 0.4) is 0 Å². The molecule has 0 radical (unpaired) electrons. The van der Waals surface area contributed by atoms with Crippen molar-refractivity contribution < 1.29 is 13.2 Å². The molecule has 1 heterocycles. The molecular formula is C19H23ClN2O3S. The van der Waals surface area contributed by atoms with E-state index in [1.54, 1.807) is 35.7 Å². The second-order valence-corrected chi connectivity index (χ2v) is 8.68. The first-order valence-electron chi connectivity index (χ1n) is 8.60. The van der Waals surface area contributed by atoms with E-state index in [1.807, 2.05) is 18.2 Å². The van der Waals surface area contributed by atoms with E-state index in [0.29, 0.717) is 23.0 Å². The fraction of sp³-hybridized carbons (Fsp3) is 0.368. The van der Waals surface area contributed by atoms with E-state index in [4.69, 9.17) is 16.3 Å². The van der Waals surface area contributed by atoms with Crippen LogP contribution in [0.2, 0.25) is 5.02 Å². The van der Waals surface area contributed by atoms with E-state index < -0.39 is 10.0 Å². The minimum atomic E-state index is -3.45. The molecule has 5 nitrogen and oxygen atoms in total. The van der Waals surface area contributed by atoms with Gasteiger partial charge in [0.05, 0.1) is 12.0 Å². The first-order chi connectivity index (χ1) is 12.5. The van der Waals surface area contributed by atoms with Crippen molar-refractivity contribution in [2.24, 2.45) is 0 Å². The Kier molecular flexibility index (Phi) is 6.19. The van der Waals surface area contributed by atoms with Gasteiger partial charge in [-0.2, -0.15) is 4.31 Å². The fourth-order valence-electron chi connectivity index (χ4n) is 3.06. The standard InChI is InChI=1S/C19H23ClN2O3S/c1-25-18-4-2-3-16(15-18)9-10-21-11-13-22(14-12-21)26(23,24)19-7-5-17(20)6-8-19/h2-8,15H,9-14H2,1H3. The molecule has 3 rings (SSSR count). The Labute approximate surface area is 160 Å². The lowest BCUT2D eigenvalue weighted by Crippen LogP contribution is -2.48. The molecule has 1 aliphatic heterocycles. The highest BCUT2D eigenvalue weighted by Gasteiger charge is 2.28. The molecule has 2 aromatic carbocycles. The van der Waals surface area contributed by atoms with Crippen LogP contribution in [0.5, 0.6) is 5.75 Å². The second-order valence-electron chi connectivity index (χ2n) is 6.30. The Morgan fingerprint density at radius 2 is 1.73 bits per heavy atom. The third-order valence-electron chi connectivity index (χ3n) is 4.63. The average molecular weight is 395 g/mol. The summed E-state index contributed by atoms with van der Waals surface area (Å²) in [6, 6.07) is 14.4. The largest absolute Gasteiger partial charge is 0.497 e. The van der Waals surface area contributed by atoms with E-state index in [9.17, 15) is 8.42 Å². The molecule has 26 heavy (non-hydrogen) atoms. The molecule has 0 amide bonds. The Bertz CT molecular complexity index is 832. The lowest BCUT2D eigenvalue weighted by molar-refractivity contribution is 0.190. The summed E-state index contributed by atoms with van der Waals surface area (Å²) in [4.78, 5) is 2.60. The van der Waals surface area contributed by atoms with Gasteiger partial charge in [0.15, 0.2) is 0 Å². The molecule has 1 saturated heterocycles. The van der Waals surface area contributed by atoms with Crippen molar-refractivity contribution in [1.82, 2.24) is 9.21 Å². The van der Waals surface area contributed by atoms with E-state index in [-0.39, 0.29) is 0 Å². The molecule has 1 aliphatic rings. The quantitative estimate of drug-likeness (QED) is 0.755. The number of ether oxygens (including phenoxy) is 1. The number of halogens is 1. The lowest BCUT2D eigenvalue weighted by atomic mass is 10.1. The minimum absolute atomic E-state index is 0.298. The Morgan fingerprint density at radius 3 is 2.38 bits per heavy atom. The highest BCUT2D eigenvalue weighted by atomic mass is 35.5. The molecule has 140 valence electrons. The van der Waals surface area contributed by atoms with Crippen LogP contribution in [0.25, 0.3) is 0 Å². The zero-order valence-corrected chi connectivity index (χ0v) is 16.3. The number of hydrogen-bond donors (Lipinski definition) is 0. The van der Waals surface area contributed by atoms with Crippen molar-refractivity contribution in [3.8, 4) is 5.75 Å². The number of piperazine rings is 1. The summed E-state index contributed by atoms with van der Waals surface area (Å²) >= 11 is 5.85. The van der Waals surface area contributed by atoms with Crippen molar-refractivity contribution in [3.05, 3.63) is 59.1 Å². The molecule has 0 atom stereocenters. The lowest BCUT2D eigenvalue weighted by Gasteiger charge is -2.34. The molecule has 2 aromatic rings. The summed E-state index contributed by atoms with van der Waals surface area (Å²) < 4.78 is 32.2. The molecule has 0 bridgehead atoms. The van der Waals surface area contributed by atoms with Gasteiger partial charge in [-0.15, -0.1) is 0 Å². The summed E-state index contributed by atoms with van der Waals surface area (Å²) in [6.07, 6.45) is 0.918. The zero-order chi connectivity index (χ0) is 18.6. The first-order valence-corrected chi connectivity index (χ1v) is 10.4. The number of hydrogen-bond acceptors (Lipinski definition) is 4. The maximum absolute atomic E-state index is 12.7. The van der Waals surface area contributed by atoms with E-state index in [0.717, 1.165) is 31.8 Å². The Morgan fingerprint density at radius 1 is 1.04 bits per heavy atom. The second kappa shape index (κ2) is 8.39. The number of rotatable bonds is 6. The number of benzene rings is 2. The molecule has 0 spiro atoms. The summed E-state index contributed by atoms with van der Waals surface area (Å²) in [6.45, 7) is 3.38. The van der Waals surface area contributed by atoms with Crippen molar-refractivity contribution in [2.45, 2.75) is 11.3 Å². The van der Waals surface area contributed by atoms with Crippen molar-refractivity contribution >= 4 is 21.6 Å². The third-order valence-corrected chi connectivity index (χ3v) is 6.80. The van der Waals surface area contributed by atoms with Gasteiger partial charge in [0.2, 0.25) is 10.0 Å². The highest BCUT2D eigenvalue weighted by molar-refractivity contribution is 7.89. The summed E-state index contributed by atoms with van der Waals surface area (Å²) in [7, 11) is -1.78. The smallest absolute Gasteiger partial charge is 0.243 e. The van der Waals surface area contributed by atoms with Gasteiger partial charge in [0.1, 0.15) is 5.75 Å². The highest BCUT2D eigenvalue weighted by Crippen LogP contribution is 2.20. The van der Waals surface area contributed by atoms with Gasteiger partial charge in [-0.05, 0) is 48.4 Å². The summed E-state index contributed by atoms with van der Waals surface area (Å²) in [5.74, 6) is 0.862. The van der Waals surface area contributed by atoms with Gasteiger partial charge in [-0.1, -0.05) is 23.7 Å².